The molecule has 15 heavy (non-hydrogen) atoms. The van der Waals surface area contributed by atoms with Gasteiger partial charge in [0.25, 0.3) is 0 Å². The average molecular weight is 208 g/mol. The summed E-state index contributed by atoms with van der Waals surface area (Å²) in [5, 5.41) is 6.98. The van der Waals surface area contributed by atoms with Crippen molar-refractivity contribution < 1.29 is 9.53 Å². The van der Waals surface area contributed by atoms with Gasteiger partial charge in [0, 0.05) is 5.70 Å². The first-order valence-corrected chi connectivity index (χ1v) is 4.74. The van der Waals surface area contributed by atoms with Crippen LogP contribution >= 0.6 is 0 Å². The van der Waals surface area contributed by atoms with Gasteiger partial charge in [-0.15, -0.1) is 0 Å². The maximum absolute atomic E-state index is 11.6. The number of carbonyl (C=O) groups excluding carboxylic acids is 1. The zero-order valence-electron chi connectivity index (χ0n) is 8.65. The lowest BCUT2D eigenvalue weighted by Gasteiger charge is -2.18. The molecule has 0 amide bonds. The van der Waals surface area contributed by atoms with Gasteiger partial charge in [-0.1, -0.05) is 0 Å². The van der Waals surface area contributed by atoms with Crippen molar-refractivity contribution in [3.05, 3.63) is 17.6 Å². The first kappa shape index (κ1) is 9.70. The SMILES string of the molecule is CCOC(=O)C1=C(C)Nc2ncnn2C1. The van der Waals surface area contributed by atoms with Gasteiger partial charge in [0.1, 0.15) is 6.33 Å². The molecule has 2 heterocycles. The number of hydrogen-bond acceptors (Lipinski definition) is 5. The van der Waals surface area contributed by atoms with Crippen LogP contribution in [-0.4, -0.2) is 27.3 Å². The van der Waals surface area contributed by atoms with Crippen molar-refractivity contribution in [3.63, 3.8) is 0 Å². The van der Waals surface area contributed by atoms with Crippen molar-refractivity contribution >= 4 is 11.9 Å². The number of ether oxygens (including phenoxy) is 1. The summed E-state index contributed by atoms with van der Waals surface area (Å²) in [6.07, 6.45) is 1.45. The Labute approximate surface area is 86.9 Å². The largest absolute Gasteiger partial charge is 0.463 e. The molecule has 6 nitrogen and oxygen atoms in total. The van der Waals surface area contributed by atoms with Gasteiger partial charge < -0.3 is 10.1 Å². The highest BCUT2D eigenvalue weighted by Crippen LogP contribution is 2.18. The number of esters is 1. The van der Waals surface area contributed by atoms with Crippen LogP contribution < -0.4 is 5.32 Å². The molecule has 1 aliphatic rings. The van der Waals surface area contributed by atoms with Gasteiger partial charge in [-0.05, 0) is 13.8 Å². The number of fused-ring (bicyclic) bond motifs is 1. The quantitative estimate of drug-likeness (QED) is 0.718. The second-order valence-electron chi connectivity index (χ2n) is 3.19. The Morgan fingerprint density at radius 2 is 2.53 bits per heavy atom. The molecule has 1 N–H and O–H groups in total. The smallest absolute Gasteiger partial charge is 0.337 e. The molecule has 0 unspecified atom stereocenters. The molecular weight excluding hydrogens is 196 g/mol. The standard InChI is InChI=1S/C9H12N4O2/c1-3-15-8(14)7-4-13-9(10-5-11-13)12-6(7)2/h5H,3-4H2,1-2H3,(H,10,11,12). The van der Waals surface area contributed by atoms with Crippen molar-refractivity contribution in [2.45, 2.75) is 20.4 Å². The van der Waals surface area contributed by atoms with Crippen molar-refractivity contribution in [1.82, 2.24) is 14.8 Å². The first-order valence-electron chi connectivity index (χ1n) is 4.74. The number of rotatable bonds is 2. The van der Waals surface area contributed by atoms with E-state index < -0.39 is 0 Å². The molecular formula is C9H12N4O2. The summed E-state index contributed by atoms with van der Waals surface area (Å²) < 4.78 is 6.57. The summed E-state index contributed by atoms with van der Waals surface area (Å²) in [4.78, 5) is 15.6. The van der Waals surface area contributed by atoms with Crippen LogP contribution in [-0.2, 0) is 16.1 Å². The van der Waals surface area contributed by atoms with Crippen LogP contribution in [0, 0.1) is 0 Å². The van der Waals surface area contributed by atoms with E-state index in [1.165, 1.54) is 6.33 Å². The topological polar surface area (TPSA) is 69.0 Å². The molecule has 0 aromatic carbocycles. The predicted octanol–water partition coefficient (Wildman–Crippen LogP) is 0.541. The van der Waals surface area contributed by atoms with Gasteiger partial charge in [0.2, 0.25) is 5.95 Å². The second kappa shape index (κ2) is 3.72. The van der Waals surface area contributed by atoms with Crippen LogP contribution in [0.4, 0.5) is 5.95 Å². The monoisotopic (exact) mass is 208 g/mol. The van der Waals surface area contributed by atoms with Crippen LogP contribution in [0.15, 0.2) is 17.6 Å². The Hall–Kier alpha value is -1.85. The Morgan fingerprint density at radius 1 is 1.73 bits per heavy atom. The molecule has 6 heteroatoms. The Bertz CT molecular complexity index is 422. The summed E-state index contributed by atoms with van der Waals surface area (Å²) >= 11 is 0. The number of nitrogens with one attached hydrogen (secondary N) is 1. The third kappa shape index (κ3) is 1.70. The maximum Gasteiger partial charge on any atom is 0.337 e. The molecule has 1 aromatic rings. The normalized spacial score (nSPS) is 14.5. The molecule has 0 spiro atoms. The predicted molar refractivity (Wildman–Crippen MR) is 53.0 cm³/mol. The van der Waals surface area contributed by atoms with Crippen molar-refractivity contribution in [2.75, 3.05) is 11.9 Å². The van der Waals surface area contributed by atoms with Crippen molar-refractivity contribution in [1.29, 1.82) is 0 Å². The molecule has 80 valence electrons. The van der Waals surface area contributed by atoms with E-state index in [2.05, 4.69) is 15.4 Å². The van der Waals surface area contributed by atoms with Crippen molar-refractivity contribution in [3.8, 4) is 0 Å². The van der Waals surface area contributed by atoms with E-state index in [4.69, 9.17) is 4.74 Å². The van der Waals surface area contributed by atoms with Crippen LogP contribution in [0.5, 0.6) is 0 Å². The van der Waals surface area contributed by atoms with E-state index in [0.717, 1.165) is 5.70 Å². The summed E-state index contributed by atoms with van der Waals surface area (Å²) in [6.45, 7) is 4.39. The first-order chi connectivity index (χ1) is 7.22. The summed E-state index contributed by atoms with van der Waals surface area (Å²) in [5.41, 5.74) is 1.36. The highest BCUT2D eigenvalue weighted by Gasteiger charge is 2.22. The second-order valence-corrected chi connectivity index (χ2v) is 3.19. The summed E-state index contributed by atoms with van der Waals surface area (Å²) in [5.74, 6) is 0.351. The van der Waals surface area contributed by atoms with Gasteiger partial charge in [-0.25, -0.2) is 9.48 Å². The van der Waals surface area contributed by atoms with Crippen LogP contribution in [0.1, 0.15) is 13.8 Å². The van der Waals surface area contributed by atoms with E-state index in [1.54, 1.807) is 11.6 Å². The van der Waals surface area contributed by atoms with Crippen LogP contribution in [0.2, 0.25) is 0 Å². The lowest BCUT2D eigenvalue weighted by molar-refractivity contribution is -0.138. The van der Waals surface area contributed by atoms with E-state index in [1.807, 2.05) is 6.92 Å². The van der Waals surface area contributed by atoms with Gasteiger partial charge in [0.15, 0.2) is 0 Å². The highest BCUT2D eigenvalue weighted by molar-refractivity contribution is 5.90. The summed E-state index contributed by atoms with van der Waals surface area (Å²) in [6, 6.07) is 0. The molecule has 1 aliphatic heterocycles. The fraction of sp³-hybridized carbons (Fsp3) is 0.444. The Kier molecular flexibility index (Phi) is 2.40. The third-order valence-corrected chi connectivity index (χ3v) is 2.20. The molecule has 0 fully saturated rings. The number of carbonyl (C=O) groups is 1. The van der Waals surface area contributed by atoms with Crippen LogP contribution in [0.25, 0.3) is 0 Å². The van der Waals surface area contributed by atoms with Gasteiger partial charge in [-0.2, -0.15) is 10.1 Å². The van der Waals surface area contributed by atoms with E-state index in [9.17, 15) is 4.79 Å². The number of aromatic nitrogens is 3. The number of anilines is 1. The number of allylic oxidation sites excluding steroid dienone is 1. The van der Waals surface area contributed by atoms with E-state index >= 15 is 0 Å². The molecule has 0 saturated carbocycles. The average Bonchev–Trinajstić information content (AvgIpc) is 2.63. The summed E-state index contributed by atoms with van der Waals surface area (Å²) in [7, 11) is 0. The zero-order valence-corrected chi connectivity index (χ0v) is 8.65. The van der Waals surface area contributed by atoms with Crippen LogP contribution in [0.3, 0.4) is 0 Å². The third-order valence-electron chi connectivity index (χ3n) is 2.20. The molecule has 0 bridgehead atoms. The fourth-order valence-corrected chi connectivity index (χ4v) is 1.42. The highest BCUT2D eigenvalue weighted by atomic mass is 16.5. The molecule has 0 radical (unpaired) electrons. The lowest BCUT2D eigenvalue weighted by Crippen LogP contribution is -2.23. The Morgan fingerprint density at radius 3 is 3.27 bits per heavy atom. The zero-order chi connectivity index (χ0) is 10.8. The van der Waals surface area contributed by atoms with Gasteiger partial charge in [0.05, 0.1) is 18.7 Å². The minimum Gasteiger partial charge on any atom is -0.463 e. The van der Waals surface area contributed by atoms with E-state index in [0.29, 0.717) is 24.7 Å². The number of nitrogens with zero attached hydrogens (tertiary/aromatic N) is 3. The number of hydrogen-bond donors (Lipinski definition) is 1. The Balaban J connectivity index is 2.23. The lowest BCUT2D eigenvalue weighted by atomic mass is 10.2. The maximum atomic E-state index is 11.6. The van der Waals surface area contributed by atoms with E-state index in [-0.39, 0.29) is 5.97 Å². The van der Waals surface area contributed by atoms with Crippen molar-refractivity contribution in [2.24, 2.45) is 0 Å². The molecule has 0 saturated heterocycles. The molecule has 0 atom stereocenters. The fourth-order valence-electron chi connectivity index (χ4n) is 1.42. The minimum absolute atomic E-state index is 0.302. The van der Waals surface area contributed by atoms with Gasteiger partial charge in [-0.3, -0.25) is 0 Å². The molecule has 0 aliphatic carbocycles. The molecule has 1 aromatic heterocycles. The van der Waals surface area contributed by atoms with Gasteiger partial charge >= 0.3 is 5.97 Å². The molecule has 2 rings (SSSR count). The minimum atomic E-state index is -0.302.